The summed E-state index contributed by atoms with van der Waals surface area (Å²) in [5, 5.41) is 12.0. The summed E-state index contributed by atoms with van der Waals surface area (Å²) in [6.45, 7) is 4.21. The Kier molecular flexibility index (Phi) is 5.00. The number of carbonyl (C=O) groups excluding carboxylic acids is 1. The number of carbonyl (C=O) groups is 1. The normalized spacial score (nSPS) is 15.4. The lowest BCUT2D eigenvalue weighted by Gasteiger charge is -2.13. The molecule has 1 aromatic carbocycles. The molecule has 6 heteroatoms. The number of thioether (sulfide) groups is 1. The minimum atomic E-state index is 0.0627. The number of hydrogen-bond donors (Lipinski definition) is 1. The van der Waals surface area contributed by atoms with Crippen LogP contribution in [0, 0.1) is 5.92 Å². The number of hydrogen-bond acceptors (Lipinski definition) is 4. The molecule has 3 rings (SSSR count). The number of rotatable bonds is 7. The van der Waals surface area contributed by atoms with Crippen molar-refractivity contribution in [3.63, 3.8) is 0 Å². The van der Waals surface area contributed by atoms with Gasteiger partial charge in [0.1, 0.15) is 6.33 Å². The molecule has 0 bridgehead atoms. The fraction of sp³-hybridized carbons (Fsp3) is 0.471. The fourth-order valence-corrected chi connectivity index (χ4v) is 3.41. The van der Waals surface area contributed by atoms with E-state index in [4.69, 9.17) is 0 Å². The van der Waals surface area contributed by atoms with E-state index in [1.165, 1.54) is 30.2 Å². The highest BCUT2D eigenvalue weighted by Crippen LogP contribution is 2.32. The maximum atomic E-state index is 12.1. The molecule has 1 heterocycles. The monoisotopic (exact) mass is 330 g/mol. The lowest BCUT2D eigenvalue weighted by molar-refractivity contribution is -0.119. The number of nitrogens with one attached hydrogen (secondary N) is 1. The number of amides is 1. The molecule has 122 valence electrons. The van der Waals surface area contributed by atoms with Crippen molar-refractivity contribution in [2.75, 3.05) is 5.75 Å². The summed E-state index contributed by atoms with van der Waals surface area (Å²) in [5.74, 6) is 1.10. The first-order valence-corrected chi connectivity index (χ1v) is 9.08. The highest BCUT2D eigenvalue weighted by atomic mass is 32.2. The summed E-state index contributed by atoms with van der Waals surface area (Å²) in [6.07, 6.45) is 5.12. The Labute approximate surface area is 140 Å². The van der Waals surface area contributed by atoms with Gasteiger partial charge >= 0.3 is 0 Å². The number of nitrogens with zero attached hydrogens (tertiary/aromatic N) is 3. The van der Waals surface area contributed by atoms with Gasteiger partial charge in [-0.15, -0.1) is 10.2 Å². The van der Waals surface area contributed by atoms with Crippen LogP contribution < -0.4 is 5.32 Å². The van der Waals surface area contributed by atoms with Gasteiger partial charge in [0.25, 0.3) is 0 Å². The van der Waals surface area contributed by atoms with Gasteiger partial charge in [0.15, 0.2) is 5.16 Å². The molecule has 1 saturated carbocycles. The van der Waals surface area contributed by atoms with Crippen molar-refractivity contribution >= 4 is 17.7 Å². The SMILES string of the molecule is CCc1ccccc1-n1cnnc1SCC(=O)NC(C)C1CC1. The average Bonchev–Trinajstić information content (AvgIpc) is 3.32. The second kappa shape index (κ2) is 7.17. The molecule has 2 aromatic rings. The molecular formula is C17H22N4OS. The van der Waals surface area contributed by atoms with Crippen LogP contribution in [0.3, 0.4) is 0 Å². The van der Waals surface area contributed by atoms with Crippen molar-refractivity contribution < 1.29 is 4.79 Å². The smallest absolute Gasteiger partial charge is 0.230 e. The van der Waals surface area contributed by atoms with Crippen LogP contribution in [-0.2, 0) is 11.2 Å². The zero-order chi connectivity index (χ0) is 16.2. The van der Waals surface area contributed by atoms with Gasteiger partial charge in [-0.2, -0.15) is 0 Å². The van der Waals surface area contributed by atoms with Crippen molar-refractivity contribution in [1.29, 1.82) is 0 Å². The highest BCUT2D eigenvalue weighted by Gasteiger charge is 2.28. The number of para-hydroxylation sites is 1. The predicted molar refractivity (Wildman–Crippen MR) is 91.8 cm³/mol. The number of aryl methyl sites for hydroxylation is 1. The van der Waals surface area contributed by atoms with Crippen LogP contribution in [0.4, 0.5) is 0 Å². The Hall–Kier alpha value is -1.82. The summed E-state index contributed by atoms with van der Waals surface area (Å²) < 4.78 is 1.96. The van der Waals surface area contributed by atoms with E-state index in [1.54, 1.807) is 6.33 Å². The van der Waals surface area contributed by atoms with Gasteiger partial charge in [-0.05, 0) is 43.7 Å². The Morgan fingerprint density at radius 3 is 2.96 bits per heavy atom. The lowest BCUT2D eigenvalue weighted by Crippen LogP contribution is -2.35. The summed E-state index contributed by atoms with van der Waals surface area (Å²) in [6, 6.07) is 8.48. The van der Waals surface area contributed by atoms with E-state index in [0.29, 0.717) is 11.7 Å². The van der Waals surface area contributed by atoms with E-state index >= 15 is 0 Å². The van der Waals surface area contributed by atoms with E-state index in [9.17, 15) is 4.79 Å². The summed E-state index contributed by atoms with van der Waals surface area (Å²) in [4.78, 5) is 12.1. The molecule has 0 saturated heterocycles. The second-order valence-corrected chi connectivity index (χ2v) is 6.89. The first kappa shape index (κ1) is 16.1. The zero-order valence-corrected chi connectivity index (χ0v) is 14.3. The zero-order valence-electron chi connectivity index (χ0n) is 13.5. The van der Waals surface area contributed by atoms with E-state index in [-0.39, 0.29) is 11.9 Å². The molecule has 1 fully saturated rings. The van der Waals surface area contributed by atoms with Gasteiger partial charge in [-0.3, -0.25) is 9.36 Å². The molecule has 1 amide bonds. The van der Waals surface area contributed by atoms with Crippen LogP contribution in [0.2, 0.25) is 0 Å². The highest BCUT2D eigenvalue weighted by molar-refractivity contribution is 7.99. The first-order valence-electron chi connectivity index (χ1n) is 8.09. The second-order valence-electron chi connectivity index (χ2n) is 5.95. The summed E-state index contributed by atoms with van der Waals surface area (Å²) in [7, 11) is 0. The first-order chi connectivity index (χ1) is 11.2. The lowest BCUT2D eigenvalue weighted by atomic mass is 10.1. The summed E-state index contributed by atoms with van der Waals surface area (Å²) >= 11 is 1.43. The Morgan fingerprint density at radius 2 is 2.22 bits per heavy atom. The third-order valence-electron chi connectivity index (χ3n) is 4.20. The largest absolute Gasteiger partial charge is 0.353 e. The van der Waals surface area contributed by atoms with Gasteiger partial charge in [-0.25, -0.2) is 0 Å². The standard InChI is InChI=1S/C17H22N4OS/c1-3-13-6-4-5-7-15(13)21-11-18-20-17(21)23-10-16(22)19-12(2)14-8-9-14/h4-7,11-12,14H,3,8-10H2,1-2H3,(H,19,22). The number of benzene rings is 1. The van der Waals surface area contributed by atoms with Crippen LogP contribution in [0.1, 0.15) is 32.3 Å². The molecule has 1 unspecified atom stereocenters. The molecule has 0 aliphatic heterocycles. The minimum Gasteiger partial charge on any atom is -0.353 e. The van der Waals surface area contributed by atoms with Gasteiger partial charge in [-0.1, -0.05) is 36.9 Å². The molecule has 0 radical (unpaired) electrons. The quantitative estimate of drug-likeness (QED) is 0.793. The van der Waals surface area contributed by atoms with Gasteiger partial charge in [0, 0.05) is 6.04 Å². The van der Waals surface area contributed by atoms with E-state index < -0.39 is 0 Å². The van der Waals surface area contributed by atoms with Gasteiger partial charge in [0.05, 0.1) is 11.4 Å². The maximum Gasteiger partial charge on any atom is 0.230 e. The fourth-order valence-electron chi connectivity index (χ4n) is 2.67. The molecule has 1 aliphatic carbocycles. The molecule has 5 nitrogen and oxygen atoms in total. The van der Waals surface area contributed by atoms with Crippen molar-refractivity contribution in [3.8, 4) is 5.69 Å². The van der Waals surface area contributed by atoms with Crippen LogP contribution >= 0.6 is 11.8 Å². The molecule has 1 atom stereocenters. The van der Waals surface area contributed by atoms with Crippen LogP contribution in [0.25, 0.3) is 5.69 Å². The van der Waals surface area contributed by atoms with Crippen LogP contribution in [0.5, 0.6) is 0 Å². The third kappa shape index (κ3) is 3.93. The molecule has 1 N–H and O–H groups in total. The topological polar surface area (TPSA) is 59.8 Å². The van der Waals surface area contributed by atoms with Crippen molar-refractivity contribution in [3.05, 3.63) is 36.2 Å². The van der Waals surface area contributed by atoms with Gasteiger partial charge < -0.3 is 5.32 Å². The molecule has 1 aromatic heterocycles. The van der Waals surface area contributed by atoms with Crippen LogP contribution in [0.15, 0.2) is 35.7 Å². The van der Waals surface area contributed by atoms with Crippen molar-refractivity contribution in [1.82, 2.24) is 20.1 Å². The Morgan fingerprint density at radius 1 is 1.43 bits per heavy atom. The Balaban J connectivity index is 1.65. The Bertz CT molecular complexity index is 681. The minimum absolute atomic E-state index is 0.0627. The van der Waals surface area contributed by atoms with Crippen molar-refractivity contribution in [2.45, 2.75) is 44.3 Å². The molecular weight excluding hydrogens is 308 g/mol. The molecule has 0 spiro atoms. The van der Waals surface area contributed by atoms with E-state index in [2.05, 4.69) is 41.5 Å². The molecule has 23 heavy (non-hydrogen) atoms. The molecule has 1 aliphatic rings. The van der Waals surface area contributed by atoms with E-state index in [0.717, 1.165) is 17.3 Å². The van der Waals surface area contributed by atoms with E-state index in [1.807, 2.05) is 16.7 Å². The maximum absolute atomic E-state index is 12.1. The third-order valence-corrected chi connectivity index (χ3v) is 5.14. The van der Waals surface area contributed by atoms with Crippen LogP contribution in [-0.4, -0.2) is 32.5 Å². The van der Waals surface area contributed by atoms with Crippen molar-refractivity contribution in [2.24, 2.45) is 5.92 Å². The average molecular weight is 330 g/mol. The number of aromatic nitrogens is 3. The van der Waals surface area contributed by atoms with Gasteiger partial charge in [0.2, 0.25) is 5.91 Å². The predicted octanol–water partition coefficient (Wildman–Crippen LogP) is 2.84. The summed E-state index contributed by atoms with van der Waals surface area (Å²) in [5.41, 5.74) is 2.32.